The van der Waals surface area contributed by atoms with E-state index in [4.69, 9.17) is 9.84 Å². The van der Waals surface area contributed by atoms with E-state index in [2.05, 4.69) is 5.32 Å². The Morgan fingerprint density at radius 2 is 2.19 bits per heavy atom. The van der Waals surface area contributed by atoms with Crippen molar-refractivity contribution in [2.45, 2.75) is 20.0 Å². The van der Waals surface area contributed by atoms with Gasteiger partial charge in [0.2, 0.25) is 0 Å². The predicted octanol–water partition coefficient (Wildman–Crippen LogP) is 1.66. The minimum absolute atomic E-state index is 0.351. The number of hydrogen-bond donors (Lipinski definition) is 2. The Labute approximate surface area is 95.2 Å². The summed E-state index contributed by atoms with van der Waals surface area (Å²) in [7, 11) is 0. The van der Waals surface area contributed by atoms with Crippen LogP contribution in [0.2, 0.25) is 0 Å². The summed E-state index contributed by atoms with van der Waals surface area (Å²) in [6.45, 7) is 4.20. The van der Waals surface area contributed by atoms with E-state index in [1.54, 1.807) is 32.0 Å². The van der Waals surface area contributed by atoms with Gasteiger partial charge >= 0.3 is 5.97 Å². The van der Waals surface area contributed by atoms with Crippen LogP contribution in [0.3, 0.4) is 0 Å². The highest BCUT2D eigenvalue weighted by Crippen LogP contribution is 2.16. The number of carbonyl (C=O) groups is 1. The van der Waals surface area contributed by atoms with Crippen LogP contribution in [0.15, 0.2) is 24.3 Å². The smallest absolute Gasteiger partial charge is 0.340 e. The molecule has 0 spiro atoms. The lowest BCUT2D eigenvalue weighted by Gasteiger charge is -2.12. The number of carbonyl (C=O) groups excluding carboxylic acids is 1. The summed E-state index contributed by atoms with van der Waals surface area (Å²) in [5.74, 6) is -0.351. The fourth-order valence-electron chi connectivity index (χ4n) is 1.28. The molecule has 4 nitrogen and oxygen atoms in total. The van der Waals surface area contributed by atoms with Crippen LogP contribution in [0.5, 0.6) is 0 Å². The highest BCUT2D eigenvalue weighted by atomic mass is 16.5. The third-order valence-electron chi connectivity index (χ3n) is 2.01. The summed E-state index contributed by atoms with van der Waals surface area (Å²) in [5, 5.41) is 12.2. The Morgan fingerprint density at radius 1 is 1.50 bits per heavy atom. The second-order valence-corrected chi connectivity index (χ2v) is 3.50. The third-order valence-corrected chi connectivity index (χ3v) is 2.01. The zero-order valence-electron chi connectivity index (χ0n) is 9.56. The van der Waals surface area contributed by atoms with Crippen LogP contribution in [-0.2, 0) is 4.74 Å². The number of anilines is 1. The molecule has 16 heavy (non-hydrogen) atoms. The SMILES string of the molecule is CCOC(=O)c1ccccc1NCC(C)O. The molecule has 0 aliphatic heterocycles. The average Bonchev–Trinajstić information content (AvgIpc) is 2.27. The molecule has 0 aliphatic carbocycles. The minimum Gasteiger partial charge on any atom is -0.462 e. The van der Waals surface area contributed by atoms with Gasteiger partial charge in [0.15, 0.2) is 0 Å². The molecule has 88 valence electrons. The molecule has 0 aliphatic rings. The Kier molecular flexibility index (Phi) is 4.79. The van der Waals surface area contributed by atoms with Crippen molar-refractivity contribution in [2.24, 2.45) is 0 Å². The molecule has 0 radical (unpaired) electrons. The number of aliphatic hydroxyl groups excluding tert-OH is 1. The van der Waals surface area contributed by atoms with E-state index in [-0.39, 0.29) is 5.97 Å². The van der Waals surface area contributed by atoms with E-state index >= 15 is 0 Å². The topological polar surface area (TPSA) is 58.6 Å². The normalized spacial score (nSPS) is 11.9. The van der Waals surface area contributed by atoms with E-state index in [1.165, 1.54) is 0 Å². The lowest BCUT2D eigenvalue weighted by atomic mass is 10.1. The van der Waals surface area contributed by atoms with E-state index in [1.807, 2.05) is 6.07 Å². The highest BCUT2D eigenvalue weighted by molar-refractivity contribution is 5.95. The van der Waals surface area contributed by atoms with Crippen LogP contribution in [-0.4, -0.2) is 30.3 Å². The van der Waals surface area contributed by atoms with Crippen molar-refractivity contribution in [3.8, 4) is 0 Å². The van der Waals surface area contributed by atoms with Gasteiger partial charge in [-0.2, -0.15) is 0 Å². The first-order valence-electron chi connectivity index (χ1n) is 5.33. The number of benzene rings is 1. The lowest BCUT2D eigenvalue weighted by Crippen LogP contribution is -2.17. The molecule has 2 N–H and O–H groups in total. The second-order valence-electron chi connectivity index (χ2n) is 3.50. The second kappa shape index (κ2) is 6.12. The van der Waals surface area contributed by atoms with Gasteiger partial charge in [-0.3, -0.25) is 0 Å². The van der Waals surface area contributed by atoms with Crippen molar-refractivity contribution in [1.29, 1.82) is 0 Å². The Hall–Kier alpha value is -1.55. The predicted molar refractivity (Wildman–Crippen MR) is 62.6 cm³/mol. The summed E-state index contributed by atoms with van der Waals surface area (Å²) in [4.78, 5) is 11.6. The van der Waals surface area contributed by atoms with E-state index in [0.717, 1.165) is 0 Å². The van der Waals surface area contributed by atoms with Gasteiger partial charge in [0.1, 0.15) is 0 Å². The van der Waals surface area contributed by atoms with Gasteiger partial charge in [0, 0.05) is 12.2 Å². The molecule has 0 bridgehead atoms. The van der Waals surface area contributed by atoms with Gasteiger partial charge in [-0.25, -0.2) is 4.79 Å². The van der Waals surface area contributed by atoms with Gasteiger partial charge in [-0.15, -0.1) is 0 Å². The van der Waals surface area contributed by atoms with Crippen LogP contribution in [0.25, 0.3) is 0 Å². The summed E-state index contributed by atoms with van der Waals surface area (Å²) in [6.07, 6.45) is -0.463. The maximum absolute atomic E-state index is 11.6. The van der Waals surface area contributed by atoms with Crippen molar-refractivity contribution in [1.82, 2.24) is 0 Å². The molecule has 0 heterocycles. The lowest BCUT2D eigenvalue weighted by molar-refractivity contribution is 0.0527. The van der Waals surface area contributed by atoms with Crippen LogP contribution in [0.1, 0.15) is 24.2 Å². The molecule has 1 aromatic rings. The number of hydrogen-bond acceptors (Lipinski definition) is 4. The minimum atomic E-state index is -0.463. The standard InChI is InChI=1S/C12H17NO3/c1-3-16-12(15)10-6-4-5-7-11(10)13-8-9(2)14/h4-7,9,13-14H,3,8H2,1-2H3. The van der Waals surface area contributed by atoms with Crippen molar-refractivity contribution in [2.75, 3.05) is 18.5 Å². The van der Waals surface area contributed by atoms with Crippen molar-refractivity contribution < 1.29 is 14.6 Å². The number of rotatable bonds is 5. The number of esters is 1. The van der Waals surface area contributed by atoms with E-state index in [9.17, 15) is 4.79 Å². The zero-order valence-corrected chi connectivity index (χ0v) is 9.56. The molecule has 1 atom stereocenters. The summed E-state index contributed by atoms with van der Waals surface area (Å²) in [5.41, 5.74) is 1.17. The fourth-order valence-corrected chi connectivity index (χ4v) is 1.28. The first-order valence-corrected chi connectivity index (χ1v) is 5.33. The van der Waals surface area contributed by atoms with Crippen LogP contribution >= 0.6 is 0 Å². The molecule has 1 unspecified atom stereocenters. The summed E-state index contributed by atoms with van der Waals surface area (Å²) in [6, 6.07) is 7.09. The molecule has 0 aromatic heterocycles. The number of ether oxygens (including phenoxy) is 1. The molecular weight excluding hydrogens is 206 g/mol. The van der Waals surface area contributed by atoms with Gasteiger partial charge in [0.05, 0.1) is 18.3 Å². The maximum atomic E-state index is 11.6. The molecular formula is C12H17NO3. The number of para-hydroxylation sites is 1. The van der Waals surface area contributed by atoms with Crippen molar-refractivity contribution >= 4 is 11.7 Å². The van der Waals surface area contributed by atoms with Gasteiger partial charge in [-0.05, 0) is 26.0 Å². The highest BCUT2D eigenvalue weighted by Gasteiger charge is 2.11. The molecule has 0 saturated heterocycles. The van der Waals surface area contributed by atoms with Gasteiger partial charge < -0.3 is 15.2 Å². The fraction of sp³-hybridized carbons (Fsp3) is 0.417. The van der Waals surface area contributed by atoms with Crippen LogP contribution < -0.4 is 5.32 Å². The van der Waals surface area contributed by atoms with Gasteiger partial charge in [-0.1, -0.05) is 12.1 Å². The monoisotopic (exact) mass is 223 g/mol. The summed E-state index contributed by atoms with van der Waals surface area (Å²) >= 11 is 0. The van der Waals surface area contributed by atoms with Crippen molar-refractivity contribution in [3.63, 3.8) is 0 Å². The summed E-state index contributed by atoms with van der Waals surface area (Å²) < 4.78 is 4.93. The average molecular weight is 223 g/mol. The quantitative estimate of drug-likeness (QED) is 0.745. The molecule has 4 heteroatoms. The first-order chi connectivity index (χ1) is 7.65. The van der Waals surface area contributed by atoms with Crippen LogP contribution in [0.4, 0.5) is 5.69 Å². The van der Waals surface area contributed by atoms with Crippen LogP contribution in [0, 0.1) is 0 Å². The maximum Gasteiger partial charge on any atom is 0.340 e. The largest absolute Gasteiger partial charge is 0.462 e. The molecule has 0 saturated carbocycles. The van der Waals surface area contributed by atoms with E-state index < -0.39 is 6.10 Å². The molecule has 0 amide bonds. The van der Waals surface area contributed by atoms with Crippen molar-refractivity contribution in [3.05, 3.63) is 29.8 Å². The zero-order chi connectivity index (χ0) is 12.0. The third kappa shape index (κ3) is 3.55. The van der Waals surface area contributed by atoms with E-state index in [0.29, 0.717) is 24.4 Å². The molecule has 0 fully saturated rings. The molecule has 1 aromatic carbocycles. The Bertz CT molecular complexity index is 350. The Balaban J connectivity index is 2.78. The van der Waals surface area contributed by atoms with Gasteiger partial charge in [0.25, 0.3) is 0 Å². The number of nitrogens with one attached hydrogen (secondary N) is 1. The Morgan fingerprint density at radius 3 is 2.81 bits per heavy atom. The molecule has 1 rings (SSSR count). The number of aliphatic hydroxyl groups is 1. The first kappa shape index (κ1) is 12.5.